The van der Waals surface area contributed by atoms with Crippen molar-refractivity contribution < 1.29 is 14.4 Å². The van der Waals surface area contributed by atoms with Crippen molar-refractivity contribution in [1.29, 1.82) is 5.26 Å². The largest absolute Gasteiger partial charge is 0.389 e. The van der Waals surface area contributed by atoms with Crippen molar-refractivity contribution in [2.75, 3.05) is 29.1 Å². The van der Waals surface area contributed by atoms with E-state index in [2.05, 4.69) is 58.0 Å². The Morgan fingerprint density at radius 2 is 1.39 bits per heavy atom. The van der Waals surface area contributed by atoms with Crippen LogP contribution in [0.15, 0.2) is 103 Å². The molecule has 2 atom stereocenters. The Morgan fingerprint density at radius 1 is 0.836 bits per heavy atom. The van der Waals surface area contributed by atoms with Crippen LogP contribution in [0, 0.1) is 35.0 Å². The Hall–Kier alpha value is -5.79. The third-order valence-electron chi connectivity index (χ3n) is 13.1. The van der Waals surface area contributed by atoms with Gasteiger partial charge in [0, 0.05) is 30.7 Å². The fourth-order valence-electron chi connectivity index (χ4n) is 9.94. The van der Waals surface area contributed by atoms with Crippen LogP contribution in [0.3, 0.4) is 0 Å². The maximum absolute atomic E-state index is 13.1. The van der Waals surface area contributed by atoms with Gasteiger partial charge in [-0.25, -0.2) is 9.59 Å². The van der Waals surface area contributed by atoms with Crippen LogP contribution in [0.1, 0.15) is 101 Å². The Morgan fingerprint density at radius 3 is 1.98 bits per heavy atom. The number of hydrogen-bond donors (Lipinski definition) is 4. The summed E-state index contributed by atoms with van der Waals surface area (Å²) in [5.74, 6) is 2.39. The number of oxime groups is 1. The molecule has 4 saturated carbocycles. The van der Waals surface area contributed by atoms with Gasteiger partial charge in [-0.05, 0) is 174 Å². The zero-order valence-electron chi connectivity index (χ0n) is 36.4. The van der Waals surface area contributed by atoms with Crippen LogP contribution in [-0.2, 0) is 15.9 Å². The van der Waals surface area contributed by atoms with E-state index < -0.39 is 17.1 Å². The summed E-state index contributed by atoms with van der Waals surface area (Å²) in [4.78, 5) is 35.1. The van der Waals surface area contributed by atoms with Crippen LogP contribution >= 0.6 is 11.6 Å². The maximum Gasteiger partial charge on any atom is 0.319 e. The number of nitrogens with one attached hydrogen (secondary N) is 4. The third-order valence-corrected chi connectivity index (χ3v) is 13.4. The van der Waals surface area contributed by atoms with Gasteiger partial charge in [-0.3, -0.25) is 0 Å². The minimum atomic E-state index is -0.709. The highest BCUT2D eigenvalue weighted by Gasteiger charge is 2.57. The Bertz CT molecular complexity index is 2370. The first-order valence-corrected chi connectivity index (χ1v) is 21.6. The molecule has 0 radical (unpaired) electrons. The summed E-state index contributed by atoms with van der Waals surface area (Å²) in [6.45, 7) is 16.9. The zero-order valence-corrected chi connectivity index (χ0v) is 37.1. The van der Waals surface area contributed by atoms with Gasteiger partial charge in [0.1, 0.15) is 11.7 Å². The van der Waals surface area contributed by atoms with Crippen molar-refractivity contribution in [3.63, 3.8) is 0 Å². The molecule has 318 valence electrons. The van der Waals surface area contributed by atoms with Crippen LogP contribution in [0.4, 0.5) is 26.7 Å². The van der Waals surface area contributed by atoms with Crippen molar-refractivity contribution >= 4 is 52.0 Å². The normalized spacial score (nSPS) is 21.9. The van der Waals surface area contributed by atoms with Crippen molar-refractivity contribution in [3.8, 4) is 6.07 Å². The van der Waals surface area contributed by atoms with Gasteiger partial charge in [-0.15, -0.1) is 0 Å². The van der Waals surface area contributed by atoms with Gasteiger partial charge in [0.2, 0.25) is 0 Å². The fraction of sp³-hybridized carbons (Fsp3) is 0.400. The Labute approximate surface area is 365 Å². The molecule has 2 unspecified atom stereocenters. The number of allylic oxidation sites excluding steroid dienone is 1. The lowest BCUT2D eigenvalue weighted by Gasteiger charge is -2.59. The molecule has 8 rings (SSSR count). The minimum absolute atomic E-state index is 0.244. The lowest BCUT2D eigenvalue weighted by Crippen LogP contribution is -2.57. The van der Waals surface area contributed by atoms with Crippen LogP contribution in [0.25, 0.3) is 5.57 Å². The second-order valence-corrected chi connectivity index (χ2v) is 19.1. The molecule has 4 amide bonds. The molecule has 0 spiro atoms. The first-order chi connectivity index (χ1) is 28.9. The van der Waals surface area contributed by atoms with Crippen molar-refractivity contribution in [2.24, 2.45) is 28.8 Å². The number of benzene rings is 4. The maximum atomic E-state index is 13.1. The number of urea groups is 2. The van der Waals surface area contributed by atoms with E-state index in [0.717, 1.165) is 70.7 Å². The molecular weight excluding hydrogens is 782 g/mol. The van der Waals surface area contributed by atoms with Crippen LogP contribution in [0.2, 0.25) is 5.02 Å². The zero-order chi connectivity index (χ0) is 43.7. The van der Waals surface area contributed by atoms with E-state index in [0.29, 0.717) is 39.9 Å². The van der Waals surface area contributed by atoms with Crippen LogP contribution in [0.5, 0.6) is 0 Å². The molecule has 0 aromatic heterocycles. The molecule has 4 aliphatic rings. The molecule has 0 heterocycles. The summed E-state index contributed by atoms with van der Waals surface area (Å²) in [5, 5.41) is 26.4. The summed E-state index contributed by atoms with van der Waals surface area (Å²) < 4.78 is 0. The van der Waals surface area contributed by atoms with E-state index in [-0.39, 0.29) is 11.6 Å². The van der Waals surface area contributed by atoms with Crippen molar-refractivity contribution in [3.05, 3.63) is 130 Å². The quantitative estimate of drug-likeness (QED) is 0.0786. The molecule has 4 aromatic carbocycles. The monoisotopic (exact) mass is 839 g/mol. The number of rotatable bonds is 13. The summed E-state index contributed by atoms with van der Waals surface area (Å²) in [6, 6.07) is 30.5. The lowest BCUT2D eigenvalue weighted by molar-refractivity contribution is -0.181. The molecular formula is C50H58ClN7O3. The third kappa shape index (κ3) is 9.89. The topological polar surface area (TPSA) is 131 Å². The van der Waals surface area contributed by atoms with Crippen LogP contribution in [-0.4, -0.2) is 37.0 Å². The summed E-state index contributed by atoms with van der Waals surface area (Å²) >= 11 is 6.06. The molecule has 4 bridgehead atoms. The van der Waals surface area contributed by atoms with E-state index >= 15 is 0 Å². The average molecular weight is 841 g/mol. The highest BCUT2D eigenvalue weighted by Crippen LogP contribution is 2.60. The minimum Gasteiger partial charge on any atom is -0.389 e. The number of nitrogens with zero attached hydrogens (tertiary/aromatic N) is 3. The Balaban J connectivity index is 0.930. The van der Waals surface area contributed by atoms with Crippen molar-refractivity contribution in [2.45, 2.75) is 90.3 Å². The van der Waals surface area contributed by atoms with Gasteiger partial charge < -0.3 is 31.0 Å². The molecule has 4 aromatic rings. The molecule has 11 heteroatoms. The fourth-order valence-corrected chi connectivity index (χ4v) is 10.1. The molecule has 4 N–H and O–H groups in total. The van der Waals surface area contributed by atoms with Crippen LogP contribution < -0.4 is 26.2 Å². The Kier molecular flexibility index (Phi) is 12.3. The second kappa shape index (κ2) is 17.3. The number of halogens is 1. The van der Waals surface area contributed by atoms with Gasteiger partial charge in [-0.1, -0.05) is 65.3 Å². The van der Waals surface area contributed by atoms with Gasteiger partial charge in [-0.2, -0.15) is 5.26 Å². The summed E-state index contributed by atoms with van der Waals surface area (Å²) in [5.41, 5.74) is 6.83. The number of hydrogen-bond acceptors (Lipinski definition) is 6. The molecule has 10 nitrogen and oxygen atoms in total. The van der Waals surface area contributed by atoms with Gasteiger partial charge >= 0.3 is 12.1 Å². The number of nitriles is 1. The predicted octanol–water partition coefficient (Wildman–Crippen LogP) is 11.4. The molecule has 4 fully saturated rings. The van der Waals surface area contributed by atoms with Gasteiger partial charge in [0.25, 0.3) is 0 Å². The molecule has 4 aliphatic carbocycles. The lowest BCUT2D eigenvalue weighted by atomic mass is 9.50. The number of anilines is 3. The van der Waals surface area contributed by atoms with E-state index in [1.807, 2.05) is 102 Å². The second-order valence-electron chi connectivity index (χ2n) is 18.7. The number of carbonyl (C=O) groups excluding carboxylic acids is 2. The van der Waals surface area contributed by atoms with E-state index in [1.165, 1.54) is 12.8 Å². The average Bonchev–Trinajstić information content (AvgIpc) is 3.21. The van der Waals surface area contributed by atoms with E-state index in [9.17, 15) is 14.9 Å². The summed E-state index contributed by atoms with van der Waals surface area (Å²) in [6.07, 6.45) is 5.55. The first kappa shape index (κ1) is 43.3. The molecule has 61 heavy (non-hydrogen) atoms. The first-order valence-electron chi connectivity index (χ1n) is 21.2. The van der Waals surface area contributed by atoms with Gasteiger partial charge in [0.15, 0.2) is 0 Å². The number of amides is 4. The van der Waals surface area contributed by atoms with Gasteiger partial charge in [0.05, 0.1) is 27.4 Å². The number of carbonyl (C=O) groups is 2. The smallest absolute Gasteiger partial charge is 0.319 e. The highest BCUT2D eigenvalue weighted by molar-refractivity contribution is 6.31. The van der Waals surface area contributed by atoms with E-state index in [1.54, 1.807) is 18.2 Å². The standard InChI is InChI=1S/C50H58ClN7O3/c1-31(2)34-11-9-13-39(23-34)48(4,5)55-46(59)53-41-15-18-43(19-16-41)58(8)30-44-36-21-33-22-37(44)28-50(26-33,27-36)61-57-32(3)35-12-10-14-40(24-35)49(6,7)56-47(60)54-42-17-20-45(51)38(25-42)29-52/h9-20,23-25,33,36-37,44H,1,21-22,26-28,30H2,2-8H3,(H2,53,55,59)(H2,54,56,60). The SMILES string of the molecule is C=C(C)c1cccc(C(C)(C)NC(=O)Nc2ccc(N(C)CC3C4CC5CC3CC(ON=C(C)c3cccc(C(C)(C)NC(=O)Nc6ccc(Cl)c(C#N)c6)c3)(C5)C4)cc2)c1. The predicted molar refractivity (Wildman–Crippen MR) is 247 cm³/mol. The molecule has 0 saturated heterocycles. The van der Waals surface area contributed by atoms with E-state index in [4.69, 9.17) is 21.6 Å². The van der Waals surface area contributed by atoms with Crippen molar-refractivity contribution in [1.82, 2.24) is 10.6 Å². The highest BCUT2D eigenvalue weighted by atomic mass is 35.5. The summed E-state index contributed by atoms with van der Waals surface area (Å²) in [7, 11) is 2.17. The molecule has 0 aliphatic heterocycles.